The second-order valence-corrected chi connectivity index (χ2v) is 3.94. The number of hydrogen-bond donors (Lipinski definition) is 1. The topological polar surface area (TPSA) is 40.5 Å². The van der Waals surface area contributed by atoms with E-state index < -0.39 is 5.97 Å². The molecule has 0 aliphatic heterocycles. The number of hydrogen-bond acceptors (Lipinski definition) is 2. The Morgan fingerprint density at radius 3 is 2.53 bits per heavy atom. The standard InChI is InChI=1S/C12H23NO2/c1-3-4-5-6-7-10-13(2)11-8-9-12(14)15/h3H,1,4-11H2,2H3,(H,14,15). The zero-order valence-electron chi connectivity index (χ0n) is 9.74. The van der Waals surface area contributed by atoms with E-state index in [4.69, 9.17) is 5.11 Å². The van der Waals surface area contributed by atoms with Crippen molar-refractivity contribution < 1.29 is 9.90 Å². The van der Waals surface area contributed by atoms with Crippen molar-refractivity contribution in [2.24, 2.45) is 0 Å². The Bertz CT molecular complexity index is 180. The molecule has 0 saturated heterocycles. The highest BCUT2D eigenvalue weighted by Crippen LogP contribution is 2.02. The number of rotatable bonds is 10. The van der Waals surface area contributed by atoms with Crippen LogP contribution in [-0.2, 0) is 4.79 Å². The van der Waals surface area contributed by atoms with Crippen LogP contribution in [-0.4, -0.2) is 36.1 Å². The molecule has 0 atom stereocenters. The summed E-state index contributed by atoms with van der Waals surface area (Å²) in [5, 5.41) is 8.47. The Kier molecular flexibility index (Phi) is 9.18. The lowest BCUT2D eigenvalue weighted by Crippen LogP contribution is -2.21. The molecule has 0 bridgehead atoms. The van der Waals surface area contributed by atoms with Crippen molar-refractivity contribution >= 4 is 5.97 Å². The maximum Gasteiger partial charge on any atom is 0.303 e. The minimum Gasteiger partial charge on any atom is -0.481 e. The fraction of sp³-hybridized carbons (Fsp3) is 0.750. The summed E-state index contributed by atoms with van der Waals surface area (Å²) < 4.78 is 0. The summed E-state index contributed by atoms with van der Waals surface area (Å²) in [5.74, 6) is -0.700. The zero-order valence-corrected chi connectivity index (χ0v) is 9.74. The fourth-order valence-electron chi connectivity index (χ4n) is 1.46. The average molecular weight is 213 g/mol. The second-order valence-electron chi connectivity index (χ2n) is 3.94. The first-order valence-electron chi connectivity index (χ1n) is 5.68. The van der Waals surface area contributed by atoms with Gasteiger partial charge in [-0.25, -0.2) is 0 Å². The third kappa shape index (κ3) is 11.1. The molecular formula is C12H23NO2. The first-order chi connectivity index (χ1) is 7.16. The van der Waals surface area contributed by atoms with Crippen molar-refractivity contribution in [3.63, 3.8) is 0 Å². The van der Waals surface area contributed by atoms with E-state index >= 15 is 0 Å². The molecule has 0 saturated carbocycles. The Balaban J connectivity index is 3.21. The van der Waals surface area contributed by atoms with Crippen molar-refractivity contribution in [1.82, 2.24) is 4.90 Å². The Morgan fingerprint density at radius 1 is 1.27 bits per heavy atom. The average Bonchev–Trinajstić information content (AvgIpc) is 2.17. The van der Waals surface area contributed by atoms with Crippen LogP contribution in [0.5, 0.6) is 0 Å². The van der Waals surface area contributed by atoms with E-state index in [0.717, 1.165) is 25.9 Å². The van der Waals surface area contributed by atoms with Crippen molar-refractivity contribution in [3.8, 4) is 0 Å². The largest absolute Gasteiger partial charge is 0.481 e. The predicted octanol–water partition coefficient (Wildman–Crippen LogP) is 2.53. The SMILES string of the molecule is C=CCCCCCN(C)CCCC(=O)O. The summed E-state index contributed by atoms with van der Waals surface area (Å²) in [6.45, 7) is 5.63. The van der Waals surface area contributed by atoms with Crippen molar-refractivity contribution in [1.29, 1.82) is 0 Å². The smallest absolute Gasteiger partial charge is 0.303 e. The molecule has 15 heavy (non-hydrogen) atoms. The van der Waals surface area contributed by atoms with Gasteiger partial charge >= 0.3 is 5.97 Å². The molecule has 0 fully saturated rings. The van der Waals surface area contributed by atoms with Crippen molar-refractivity contribution in [2.75, 3.05) is 20.1 Å². The van der Waals surface area contributed by atoms with Gasteiger partial charge in [0.05, 0.1) is 0 Å². The number of aliphatic carboxylic acids is 1. The molecule has 3 heteroatoms. The van der Waals surface area contributed by atoms with E-state index in [2.05, 4.69) is 18.5 Å². The molecule has 0 rings (SSSR count). The molecule has 0 amide bonds. The molecule has 1 N–H and O–H groups in total. The van der Waals surface area contributed by atoms with E-state index in [1.165, 1.54) is 19.3 Å². The summed E-state index contributed by atoms with van der Waals surface area (Å²) in [4.78, 5) is 12.5. The van der Waals surface area contributed by atoms with Crippen LogP contribution in [0, 0.1) is 0 Å². The lowest BCUT2D eigenvalue weighted by Gasteiger charge is -2.15. The van der Waals surface area contributed by atoms with Gasteiger partial charge in [-0.1, -0.05) is 12.5 Å². The first kappa shape index (κ1) is 14.2. The Hall–Kier alpha value is -0.830. The highest BCUT2D eigenvalue weighted by molar-refractivity contribution is 5.66. The van der Waals surface area contributed by atoms with Crippen LogP contribution < -0.4 is 0 Å². The van der Waals surface area contributed by atoms with Crippen molar-refractivity contribution in [2.45, 2.75) is 38.5 Å². The molecule has 0 aromatic heterocycles. The second kappa shape index (κ2) is 9.71. The van der Waals surface area contributed by atoms with Gasteiger partial charge in [0, 0.05) is 6.42 Å². The highest BCUT2D eigenvalue weighted by atomic mass is 16.4. The molecule has 0 aliphatic rings. The molecule has 3 nitrogen and oxygen atoms in total. The van der Waals surface area contributed by atoms with Gasteiger partial charge in [0.2, 0.25) is 0 Å². The van der Waals surface area contributed by atoms with Gasteiger partial charge in [-0.2, -0.15) is 0 Å². The molecule has 0 aromatic carbocycles. The minimum absolute atomic E-state index is 0.279. The van der Waals surface area contributed by atoms with Crippen LogP contribution in [0.25, 0.3) is 0 Å². The number of unbranched alkanes of at least 4 members (excludes halogenated alkanes) is 3. The number of allylic oxidation sites excluding steroid dienone is 1. The lowest BCUT2D eigenvalue weighted by molar-refractivity contribution is -0.137. The van der Waals surface area contributed by atoms with Gasteiger partial charge in [-0.15, -0.1) is 6.58 Å². The number of carboxylic acid groups (broad SMARTS) is 1. The van der Waals surface area contributed by atoms with Gasteiger partial charge in [0.25, 0.3) is 0 Å². The maximum atomic E-state index is 10.3. The summed E-state index contributed by atoms with van der Waals surface area (Å²) >= 11 is 0. The minimum atomic E-state index is -0.700. The van der Waals surface area contributed by atoms with Gasteiger partial charge < -0.3 is 10.0 Å². The van der Waals surface area contributed by atoms with Gasteiger partial charge in [-0.05, 0) is 45.8 Å². The molecule has 0 radical (unpaired) electrons. The lowest BCUT2D eigenvalue weighted by atomic mass is 10.2. The highest BCUT2D eigenvalue weighted by Gasteiger charge is 2.00. The Labute approximate surface area is 92.8 Å². The van der Waals surface area contributed by atoms with Gasteiger partial charge in [0.1, 0.15) is 0 Å². The molecule has 0 spiro atoms. The van der Waals surface area contributed by atoms with Crippen LogP contribution >= 0.6 is 0 Å². The van der Waals surface area contributed by atoms with Crippen LogP contribution in [0.15, 0.2) is 12.7 Å². The molecular weight excluding hydrogens is 190 g/mol. The molecule has 0 unspecified atom stereocenters. The molecule has 88 valence electrons. The van der Waals surface area contributed by atoms with E-state index in [1.807, 2.05) is 6.08 Å². The van der Waals surface area contributed by atoms with Crippen molar-refractivity contribution in [3.05, 3.63) is 12.7 Å². The molecule has 0 aromatic rings. The van der Waals surface area contributed by atoms with E-state index in [-0.39, 0.29) is 6.42 Å². The first-order valence-corrected chi connectivity index (χ1v) is 5.68. The summed E-state index contributed by atoms with van der Waals surface area (Å²) in [6.07, 6.45) is 7.72. The van der Waals surface area contributed by atoms with Gasteiger partial charge in [0.15, 0.2) is 0 Å². The normalized spacial score (nSPS) is 10.5. The summed E-state index contributed by atoms with van der Waals surface area (Å²) in [6, 6.07) is 0. The van der Waals surface area contributed by atoms with Crippen LogP contribution in [0.1, 0.15) is 38.5 Å². The van der Waals surface area contributed by atoms with E-state index in [1.54, 1.807) is 0 Å². The third-order valence-electron chi connectivity index (χ3n) is 2.38. The third-order valence-corrected chi connectivity index (χ3v) is 2.38. The molecule has 0 heterocycles. The van der Waals surface area contributed by atoms with Crippen LogP contribution in [0.2, 0.25) is 0 Å². The van der Waals surface area contributed by atoms with E-state index in [0.29, 0.717) is 0 Å². The van der Waals surface area contributed by atoms with Crippen LogP contribution in [0.4, 0.5) is 0 Å². The zero-order chi connectivity index (χ0) is 11.5. The Morgan fingerprint density at radius 2 is 1.93 bits per heavy atom. The monoisotopic (exact) mass is 213 g/mol. The van der Waals surface area contributed by atoms with Gasteiger partial charge in [-0.3, -0.25) is 4.79 Å². The molecule has 0 aliphatic carbocycles. The van der Waals surface area contributed by atoms with E-state index in [9.17, 15) is 4.79 Å². The fourth-order valence-corrected chi connectivity index (χ4v) is 1.46. The summed E-state index contributed by atoms with van der Waals surface area (Å²) in [7, 11) is 2.05. The maximum absolute atomic E-state index is 10.3. The predicted molar refractivity (Wildman–Crippen MR) is 63.0 cm³/mol. The number of carbonyl (C=O) groups is 1. The number of nitrogens with zero attached hydrogens (tertiary/aromatic N) is 1. The quantitative estimate of drug-likeness (QED) is 0.448. The summed E-state index contributed by atoms with van der Waals surface area (Å²) in [5.41, 5.74) is 0. The number of carboxylic acids is 1. The van der Waals surface area contributed by atoms with Crippen LogP contribution in [0.3, 0.4) is 0 Å².